The number of hydrogen-bond donors (Lipinski definition) is 1. The number of aromatic nitrogens is 3. The lowest BCUT2D eigenvalue weighted by molar-refractivity contribution is 0.0439. The number of nitrogens with zero attached hydrogens (tertiary/aromatic N) is 4. The van der Waals surface area contributed by atoms with E-state index in [0.717, 1.165) is 81.4 Å². The van der Waals surface area contributed by atoms with E-state index in [1.165, 1.54) is 5.56 Å². The van der Waals surface area contributed by atoms with Gasteiger partial charge in [-0.05, 0) is 44.4 Å². The second-order valence-corrected chi connectivity index (χ2v) is 7.05. The lowest BCUT2D eigenvalue weighted by atomic mass is 10.0. The van der Waals surface area contributed by atoms with E-state index in [9.17, 15) is 0 Å². The molecule has 0 aromatic carbocycles. The zero-order chi connectivity index (χ0) is 17.8. The van der Waals surface area contributed by atoms with Crippen LogP contribution in [0.2, 0.25) is 0 Å². The third-order valence-corrected chi connectivity index (χ3v) is 5.07. The first-order valence-corrected chi connectivity index (χ1v) is 9.72. The summed E-state index contributed by atoms with van der Waals surface area (Å²) >= 11 is 0. The molecule has 2 aliphatic rings. The summed E-state index contributed by atoms with van der Waals surface area (Å²) in [6.07, 6.45) is 8.26. The van der Waals surface area contributed by atoms with Crippen molar-refractivity contribution in [3.63, 3.8) is 0 Å². The smallest absolute Gasteiger partial charge is 0.163 e. The molecule has 0 radical (unpaired) electrons. The van der Waals surface area contributed by atoms with E-state index in [0.29, 0.717) is 6.10 Å². The van der Waals surface area contributed by atoms with Gasteiger partial charge in [-0.2, -0.15) is 0 Å². The molecule has 1 N–H and O–H groups in total. The van der Waals surface area contributed by atoms with Gasteiger partial charge in [0, 0.05) is 49.8 Å². The van der Waals surface area contributed by atoms with Crippen LogP contribution >= 0.6 is 0 Å². The summed E-state index contributed by atoms with van der Waals surface area (Å²) in [4.78, 5) is 16.5. The van der Waals surface area contributed by atoms with E-state index in [-0.39, 0.29) is 0 Å². The maximum Gasteiger partial charge on any atom is 0.163 e. The topological polar surface area (TPSA) is 63.2 Å². The first kappa shape index (κ1) is 17.4. The molecule has 4 heterocycles. The highest BCUT2D eigenvalue weighted by atomic mass is 16.5. The largest absolute Gasteiger partial charge is 0.376 e. The highest BCUT2D eigenvalue weighted by Crippen LogP contribution is 2.29. The molecule has 0 bridgehead atoms. The summed E-state index contributed by atoms with van der Waals surface area (Å²) in [7, 11) is 0. The Morgan fingerprint density at radius 2 is 2.31 bits per heavy atom. The molecule has 2 aromatic rings. The first-order valence-electron chi connectivity index (χ1n) is 9.72. The van der Waals surface area contributed by atoms with Gasteiger partial charge < -0.3 is 15.0 Å². The number of rotatable bonds is 5. The van der Waals surface area contributed by atoms with Crippen molar-refractivity contribution < 1.29 is 4.74 Å². The fourth-order valence-electron chi connectivity index (χ4n) is 3.78. The summed E-state index contributed by atoms with van der Waals surface area (Å²) in [5.74, 6) is 1.87. The minimum absolute atomic E-state index is 0.304. The van der Waals surface area contributed by atoms with E-state index < -0.39 is 0 Å². The molecule has 1 fully saturated rings. The van der Waals surface area contributed by atoms with Crippen LogP contribution in [0.4, 0.5) is 5.82 Å². The lowest BCUT2D eigenvalue weighted by Gasteiger charge is -2.35. The number of ether oxygens (including phenoxy) is 1. The van der Waals surface area contributed by atoms with Gasteiger partial charge in [0.15, 0.2) is 5.82 Å². The fraction of sp³-hybridized carbons (Fsp3) is 0.550. The highest BCUT2D eigenvalue weighted by molar-refractivity contribution is 5.60. The average molecular weight is 353 g/mol. The monoisotopic (exact) mass is 353 g/mol. The molecule has 2 aromatic heterocycles. The molecule has 0 amide bonds. The molecule has 0 aliphatic carbocycles. The molecule has 1 saturated heterocycles. The number of hydrogen-bond acceptors (Lipinski definition) is 6. The van der Waals surface area contributed by atoms with E-state index in [1.54, 1.807) is 6.20 Å². The Bertz CT molecular complexity index is 736. The number of piperidine rings is 1. The van der Waals surface area contributed by atoms with Crippen LogP contribution < -0.4 is 10.2 Å². The molecule has 6 heteroatoms. The second-order valence-electron chi connectivity index (χ2n) is 7.05. The van der Waals surface area contributed by atoms with Crippen LogP contribution in [0.3, 0.4) is 0 Å². The van der Waals surface area contributed by atoms with Crippen molar-refractivity contribution in [3.05, 3.63) is 35.8 Å². The van der Waals surface area contributed by atoms with E-state index in [2.05, 4.69) is 22.1 Å². The van der Waals surface area contributed by atoms with E-state index in [1.807, 2.05) is 18.3 Å². The Hall–Kier alpha value is -2.05. The number of fused-ring (bicyclic) bond motifs is 1. The molecule has 4 rings (SSSR count). The summed E-state index contributed by atoms with van der Waals surface area (Å²) in [6, 6.07) is 3.96. The molecule has 0 spiro atoms. The van der Waals surface area contributed by atoms with Crippen LogP contribution in [-0.4, -0.2) is 47.3 Å². The third-order valence-electron chi connectivity index (χ3n) is 5.07. The van der Waals surface area contributed by atoms with Crippen molar-refractivity contribution in [2.75, 3.05) is 31.1 Å². The quantitative estimate of drug-likeness (QED) is 0.891. The summed E-state index contributed by atoms with van der Waals surface area (Å²) < 4.78 is 6.04. The molecule has 0 unspecified atom stereocenters. The first-order chi connectivity index (χ1) is 12.8. The SMILES string of the molecule is CCCO[C@@H]1CCCN(c2nc(-c3cccnc3)nc3c2CCNC3)C1. The molecular formula is C20H27N5O. The minimum atomic E-state index is 0.304. The number of nitrogens with one attached hydrogen (secondary N) is 1. The minimum Gasteiger partial charge on any atom is -0.376 e. The van der Waals surface area contributed by atoms with Gasteiger partial charge in [-0.3, -0.25) is 4.98 Å². The maximum absolute atomic E-state index is 6.04. The number of anilines is 1. The van der Waals surface area contributed by atoms with Crippen molar-refractivity contribution in [2.24, 2.45) is 0 Å². The standard InChI is InChI=1S/C20H27N5O/c1-2-11-26-16-6-4-10-25(14-16)20-17-7-9-22-13-18(17)23-19(24-20)15-5-3-8-21-12-15/h3,5,8,12,16,22H,2,4,6-7,9-11,13-14H2,1H3/t16-/m1/s1. The number of pyridine rings is 1. The van der Waals surface area contributed by atoms with Crippen LogP contribution in [0.15, 0.2) is 24.5 Å². The van der Waals surface area contributed by atoms with Crippen molar-refractivity contribution in [1.82, 2.24) is 20.3 Å². The van der Waals surface area contributed by atoms with Gasteiger partial charge >= 0.3 is 0 Å². The highest BCUT2D eigenvalue weighted by Gasteiger charge is 2.26. The second kappa shape index (κ2) is 8.10. The van der Waals surface area contributed by atoms with Crippen LogP contribution in [0.1, 0.15) is 37.4 Å². The Balaban J connectivity index is 1.67. The summed E-state index contributed by atoms with van der Waals surface area (Å²) in [5, 5.41) is 3.44. The van der Waals surface area contributed by atoms with E-state index in [4.69, 9.17) is 14.7 Å². The molecule has 2 aliphatic heterocycles. The van der Waals surface area contributed by atoms with Crippen LogP contribution in [-0.2, 0) is 17.7 Å². The van der Waals surface area contributed by atoms with Gasteiger partial charge in [0.25, 0.3) is 0 Å². The molecule has 26 heavy (non-hydrogen) atoms. The Morgan fingerprint density at radius 3 is 3.15 bits per heavy atom. The summed E-state index contributed by atoms with van der Waals surface area (Å²) in [6.45, 7) is 6.75. The predicted molar refractivity (Wildman–Crippen MR) is 102 cm³/mol. The summed E-state index contributed by atoms with van der Waals surface area (Å²) in [5.41, 5.74) is 3.39. The van der Waals surface area contributed by atoms with Gasteiger partial charge in [-0.15, -0.1) is 0 Å². The Morgan fingerprint density at radius 1 is 1.35 bits per heavy atom. The normalized spacial score (nSPS) is 20.0. The maximum atomic E-state index is 6.04. The molecule has 138 valence electrons. The van der Waals surface area contributed by atoms with Crippen molar-refractivity contribution in [2.45, 2.75) is 45.3 Å². The van der Waals surface area contributed by atoms with E-state index >= 15 is 0 Å². The van der Waals surface area contributed by atoms with Crippen LogP contribution in [0.5, 0.6) is 0 Å². The van der Waals surface area contributed by atoms with Gasteiger partial charge in [-0.25, -0.2) is 9.97 Å². The fourth-order valence-corrected chi connectivity index (χ4v) is 3.78. The third kappa shape index (κ3) is 3.71. The predicted octanol–water partition coefficient (Wildman–Crippen LogP) is 2.58. The molecule has 1 atom stereocenters. The van der Waals surface area contributed by atoms with Crippen LogP contribution in [0.25, 0.3) is 11.4 Å². The Labute approximate surface area is 155 Å². The van der Waals surface area contributed by atoms with Gasteiger partial charge in [0.2, 0.25) is 0 Å². The van der Waals surface area contributed by atoms with Crippen molar-refractivity contribution >= 4 is 5.82 Å². The molecule has 6 nitrogen and oxygen atoms in total. The van der Waals surface area contributed by atoms with Crippen molar-refractivity contribution in [3.8, 4) is 11.4 Å². The Kier molecular flexibility index (Phi) is 5.41. The van der Waals surface area contributed by atoms with Gasteiger partial charge in [-0.1, -0.05) is 6.92 Å². The zero-order valence-electron chi connectivity index (χ0n) is 15.4. The average Bonchev–Trinajstić information content (AvgIpc) is 2.72. The molecule has 0 saturated carbocycles. The zero-order valence-corrected chi connectivity index (χ0v) is 15.4. The van der Waals surface area contributed by atoms with Gasteiger partial charge in [0.05, 0.1) is 11.8 Å². The molecular weight excluding hydrogens is 326 g/mol. The van der Waals surface area contributed by atoms with Crippen molar-refractivity contribution in [1.29, 1.82) is 0 Å². The lowest BCUT2D eigenvalue weighted by Crippen LogP contribution is -2.41. The van der Waals surface area contributed by atoms with Crippen LogP contribution in [0, 0.1) is 0 Å². The van der Waals surface area contributed by atoms with Gasteiger partial charge in [0.1, 0.15) is 5.82 Å².